The first kappa shape index (κ1) is 19.8. The second-order valence-corrected chi connectivity index (χ2v) is 8.49. The summed E-state index contributed by atoms with van der Waals surface area (Å²) in [4.78, 5) is 13.7. The van der Waals surface area contributed by atoms with Crippen LogP contribution in [-0.4, -0.2) is 52.1 Å². The van der Waals surface area contributed by atoms with Gasteiger partial charge in [-0.25, -0.2) is 13.9 Å². The minimum Gasteiger partial charge on any atom is -0.442 e. The summed E-state index contributed by atoms with van der Waals surface area (Å²) in [6, 6.07) is 4.57. The van der Waals surface area contributed by atoms with Crippen molar-refractivity contribution in [3.63, 3.8) is 0 Å². The standard InChI is InChI=1S/C19H24BFN4O4/c1-12-9-24(23-22-12)10-14-11-25(17(26)27-14)13-6-7-15(16(21)8-13)20-28-18(2,3)19(4,5)29-20/h6-9,14H,10-11H2,1-5H3/t14-/m0/s1. The van der Waals surface area contributed by atoms with Crippen LogP contribution in [0.5, 0.6) is 0 Å². The molecule has 1 atom stereocenters. The van der Waals surface area contributed by atoms with Gasteiger partial charge in [-0.05, 0) is 46.8 Å². The zero-order valence-corrected chi connectivity index (χ0v) is 17.2. The van der Waals surface area contributed by atoms with Gasteiger partial charge < -0.3 is 14.0 Å². The smallest absolute Gasteiger partial charge is 0.442 e. The molecule has 2 aromatic rings. The quantitative estimate of drug-likeness (QED) is 0.729. The van der Waals surface area contributed by atoms with Crippen LogP contribution in [-0.2, 0) is 20.6 Å². The second-order valence-electron chi connectivity index (χ2n) is 8.49. The molecule has 0 unspecified atom stereocenters. The summed E-state index contributed by atoms with van der Waals surface area (Å²) in [6.45, 7) is 10.2. The lowest BCUT2D eigenvalue weighted by Gasteiger charge is -2.32. The Hall–Kier alpha value is -2.46. The van der Waals surface area contributed by atoms with Gasteiger partial charge in [-0.1, -0.05) is 11.3 Å². The number of nitrogens with zero attached hydrogens (tertiary/aromatic N) is 4. The van der Waals surface area contributed by atoms with E-state index in [1.165, 1.54) is 11.0 Å². The van der Waals surface area contributed by atoms with Crippen LogP contribution in [0.4, 0.5) is 14.9 Å². The molecule has 154 valence electrons. The molecule has 2 saturated heterocycles. The number of carbonyl (C=O) groups is 1. The van der Waals surface area contributed by atoms with Gasteiger partial charge in [0.1, 0.15) is 11.9 Å². The van der Waals surface area contributed by atoms with E-state index in [0.717, 1.165) is 5.69 Å². The molecule has 0 spiro atoms. The molecule has 3 heterocycles. The summed E-state index contributed by atoms with van der Waals surface area (Å²) in [5.74, 6) is -0.496. The maximum atomic E-state index is 14.9. The van der Waals surface area contributed by atoms with E-state index in [4.69, 9.17) is 14.0 Å². The molecule has 1 aromatic carbocycles. The molecule has 2 fully saturated rings. The summed E-state index contributed by atoms with van der Waals surface area (Å²) >= 11 is 0. The molecular weight excluding hydrogens is 378 g/mol. The molecule has 4 rings (SSSR count). The maximum absolute atomic E-state index is 14.9. The third-order valence-corrected chi connectivity index (χ3v) is 5.72. The highest BCUT2D eigenvalue weighted by atomic mass is 19.1. The average molecular weight is 402 g/mol. The predicted octanol–water partition coefficient (Wildman–Crippen LogP) is 2.05. The molecule has 1 amide bonds. The number of hydrogen-bond donors (Lipinski definition) is 0. The minimum atomic E-state index is -0.803. The molecule has 0 N–H and O–H groups in total. The van der Waals surface area contributed by atoms with E-state index >= 15 is 0 Å². The highest BCUT2D eigenvalue weighted by Crippen LogP contribution is 2.37. The molecule has 2 aliphatic rings. The fourth-order valence-corrected chi connectivity index (χ4v) is 3.37. The van der Waals surface area contributed by atoms with Gasteiger partial charge in [-0.3, -0.25) is 4.90 Å². The van der Waals surface area contributed by atoms with Gasteiger partial charge in [0, 0.05) is 11.7 Å². The van der Waals surface area contributed by atoms with Gasteiger partial charge in [0.2, 0.25) is 0 Å². The Kier molecular flexibility index (Phi) is 4.66. The van der Waals surface area contributed by atoms with E-state index in [1.807, 2.05) is 34.6 Å². The molecule has 0 aliphatic carbocycles. The van der Waals surface area contributed by atoms with Crippen molar-refractivity contribution in [2.75, 3.05) is 11.4 Å². The normalized spacial score (nSPS) is 23.0. The lowest BCUT2D eigenvalue weighted by Crippen LogP contribution is -2.41. The molecule has 0 radical (unpaired) electrons. The van der Waals surface area contributed by atoms with Gasteiger partial charge >= 0.3 is 13.2 Å². The largest absolute Gasteiger partial charge is 0.497 e. The lowest BCUT2D eigenvalue weighted by atomic mass is 9.78. The van der Waals surface area contributed by atoms with E-state index in [-0.39, 0.29) is 0 Å². The number of carbonyl (C=O) groups excluding carboxylic acids is 1. The van der Waals surface area contributed by atoms with Gasteiger partial charge in [0.05, 0.1) is 35.7 Å². The van der Waals surface area contributed by atoms with E-state index < -0.39 is 36.3 Å². The van der Waals surface area contributed by atoms with Crippen molar-refractivity contribution in [1.82, 2.24) is 15.0 Å². The zero-order valence-electron chi connectivity index (χ0n) is 17.2. The van der Waals surface area contributed by atoms with Crippen LogP contribution < -0.4 is 10.4 Å². The molecule has 8 nitrogen and oxygen atoms in total. The Balaban J connectivity index is 1.49. The number of benzene rings is 1. The van der Waals surface area contributed by atoms with Crippen LogP contribution >= 0.6 is 0 Å². The molecule has 0 bridgehead atoms. The van der Waals surface area contributed by atoms with Crippen LogP contribution in [0.15, 0.2) is 24.4 Å². The summed E-state index contributed by atoms with van der Waals surface area (Å²) in [5, 5.41) is 7.88. The number of hydrogen-bond acceptors (Lipinski definition) is 6. The minimum absolute atomic E-state index is 0.299. The maximum Gasteiger partial charge on any atom is 0.497 e. The highest BCUT2D eigenvalue weighted by molar-refractivity contribution is 6.62. The Morgan fingerprint density at radius 1 is 1.24 bits per heavy atom. The third kappa shape index (κ3) is 3.62. The van der Waals surface area contributed by atoms with Crippen LogP contribution in [0.2, 0.25) is 0 Å². The molecule has 0 saturated carbocycles. The van der Waals surface area contributed by atoms with Crippen molar-refractivity contribution in [2.45, 2.75) is 58.5 Å². The van der Waals surface area contributed by atoms with Gasteiger partial charge in [-0.2, -0.15) is 0 Å². The van der Waals surface area contributed by atoms with Gasteiger partial charge in [0.15, 0.2) is 0 Å². The van der Waals surface area contributed by atoms with Crippen molar-refractivity contribution < 1.29 is 23.2 Å². The van der Waals surface area contributed by atoms with Crippen molar-refractivity contribution in [1.29, 1.82) is 0 Å². The van der Waals surface area contributed by atoms with Crippen molar-refractivity contribution in [3.05, 3.63) is 35.9 Å². The average Bonchev–Trinajstić information content (AvgIpc) is 3.24. The van der Waals surface area contributed by atoms with Gasteiger partial charge in [-0.15, -0.1) is 5.10 Å². The Labute approximate surface area is 169 Å². The van der Waals surface area contributed by atoms with Crippen LogP contribution in [0, 0.1) is 12.7 Å². The number of halogens is 1. The van der Waals surface area contributed by atoms with Crippen LogP contribution in [0.1, 0.15) is 33.4 Å². The predicted molar refractivity (Wildman–Crippen MR) is 104 cm³/mol. The number of anilines is 1. The number of rotatable bonds is 4. The monoisotopic (exact) mass is 402 g/mol. The zero-order chi connectivity index (χ0) is 21.0. The fraction of sp³-hybridized carbons (Fsp3) is 0.526. The fourth-order valence-electron chi connectivity index (χ4n) is 3.37. The molecular formula is C19H24BFN4O4. The summed E-state index contributed by atoms with van der Waals surface area (Å²) < 4.78 is 33.7. The SMILES string of the molecule is Cc1cn(C[C@H]2CN(c3ccc(B4OC(C)(C)C(C)(C)O4)c(F)c3)C(=O)O2)nn1. The van der Waals surface area contributed by atoms with Gasteiger partial charge in [0.25, 0.3) is 0 Å². The third-order valence-electron chi connectivity index (χ3n) is 5.72. The molecule has 1 aromatic heterocycles. The van der Waals surface area contributed by atoms with E-state index in [0.29, 0.717) is 24.2 Å². The van der Waals surface area contributed by atoms with E-state index in [2.05, 4.69) is 10.3 Å². The summed E-state index contributed by atoms with van der Waals surface area (Å²) in [5.41, 5.74) is 0.384. The molecule has 2 aliphatic heterocycles. The number of aryl methyl sites for hydroxylation is 1. The molecule has 10 heteroatoms. The van der Waals surface area contributed by atoms with Crippen molar-refractivity contribution >= 4 is 24.4 Å². The topological polar surface area (TPSA) is 78.7 Å². The van der Waals surface area contributed by atoms with Crippen LogP contribution in [0.25, 0.3) is 0 Å². The highest BCUT2D eigenvalue weighted by Gasteiger charge is 2.52. The lowest BCUT2D eigenvalue weighted by molar-refractivity contribution is 0.00578. The Morgan fingerprint density at radius 3 is 2.52 bits per heavy atom. The first-order valence-electron chi connectivity index (χ1n) is 9.56. The number of aromatic nitrogens is 3. The Bertz CT molecular complexity index is 932. The summed E-state index contributed by atoms with van der Waals surface area (Å²) in [6.07, 6.45) is 0.860. The number of cyclic esters (lactones) is 1. The Morgan fingerprint density at radius 2 is 1.93 bits per heavy atom. The van der Waals surface area contributed by atoms with E-state index in [1.54, 1.807) is 23.0 Å². The van der Waals surface area contributed by atoms with Crippen molar-refractivity contribution in [3.8, 4) is 0 Å². The second kappa shape index (κ2) is 6.81. The van der Waals surface area contributed by atoms with Crippen molar-refractivity contribution in [2.24, 2.45) is 0 Å². The van der Waals surface area contributed by atoms with Crippen LogP contribution in [0.3, 0.4) is 0 Å². The first-order chi connectivity index (χ1) is 13.6. The number of ether oxygens (including phenoxy) is 1. The van der Waals surface area contributed by atoms with E-state index in [9.17, 15) is 9.18 Å². The first-order valence-corrected chi connectivity index (χ1v) is 9.56. The number of amides is 1. The molecule has 29 heavy (non-hydrogen) atoms. The summed E-state index contributed by atoms with van der Waals surface area (Å²) in [7, 11) is -0.803.